The molecule has 0 heterocycles. The van der Waals surface area contributed by atoms with E-state index in [4.69, 9.17) is 0 Å². The molecule has 0 saturated heterocycles. The largest absolute Gasteiger partial charge is 0.359 e. The number of thioether (sulfide) groups is 3. The van der Waals surface area contributed by atoms with Crippen LogP contribution < -0.4 is 10.6 Å². The molecular formula is C31H50N4O4S3. The van der Waals surface area contributed by atoms with Gasteiger partial charge in [-0.25, -0.2) is 0 Å². The van der Waals surface area contributed by atoms with Crippen LogP contribution in [0.1, 0.15) is 52.7 Å². The highest BCUT2D eigenvalue weighted by molar-refractivity contribution is 8.14. The van der Waals surface area contributed by atoms with Crippen LogP contribution >= 0.6 is 35.3 Å². The zero-order valence-electron chi connectivity index (χ0n) is 26.9. The minimum Gasteiger partial charge on any atom is -0.359 e. The average molecular weight is 639 g/mol. The Morgan fingerprint density at radius 3 is 1.36 bits per heavy atom. The van der Waals surface area contributed by atoms with Crippen LogP contribution in [0, 0.1) is 0 Å². The van der Waals surface area contributed by atoms with Crippen molar-refractivity contribution in [3.63, 3.8) is 0 Å². The Kier molecular flexibility index (Phi) is 24.6. The first-order chi connectivity index (χ1) is 19.7. The molecule has 11 heteroatoms. The van der Waals surface area contributed by atoms with E-state index in [-0.39, 0.29) is 26.4 Å². The maximum absolute atomic E-state index is 11.9. The SMILES string of the molecule is CCSC(=O)N(C)Cc1ccccc1.CCSC(=O)NC.CN(Cc1ccccc1)C(=O)SC(C)(C)C.CNC(C)=O. The summed E-state index contributed by atoms with van der Waals surface area (Å²) in [6, 6.07) is 20.0. The van der Waals surface area contributed by atoms with Gasteiger partial charge in [-0.1, -0.05) is 131 Å². The van der Waals surface area contributed by atoms with Gasteiger partial charge < -0.3 is 20.4 Å². The summed E-state index contributed by atoms with van der Waals surface area (Å²) in [6.45, 7) is 12.9. The minimum atomic E-state index is -0.0258. The quantitative estimate of drug-likeness (QED) is 0.336. The van der Waals surface area contributed by atoms with E-state index in [9.17, 15) is 19.2 Å². The summed E-state index contributed by atoms with van der Waals surface area (Å²) in [5.74, 6) is 1.68. The maximum Gasteiger partial charge on any atom is 0.282 e. The van der Waals surface area contributed by atoms with Crippen LogP contribution in [0.2, 0.25) is 0 Å². The molecule has 0 saturated carbocycles. The second-order valence-electron chi connectivity index (χ2n) is 9.64. The van der Waals surface area contributed by atoms with Crippen LogP contribution in [0.4, 0.5) is 14.4 Å². The topological polar surface area (TPSA) is 98.8 Å². The van der Waals surface area contributed by atoms with Crippen molar-refractivity contribution in [1.82, 2.24) is 20.4 Å². The smallest absolute Gasteiger partial charge is 0.282 e. The van der Waals surface area contributed by atoms with Gasteiger partial charge in [-0.3, -0.25) is 19.2 Å². The van der Waals surface area contributed by atoms with Crippen molar-refractivity contribution in [2.24, 2.45) is 0 Å². The molecule has 4 amide bonds. The fourth-order valence-corrected chi connectivity index (χ4v) is 4.30. The maximum atomic E-state index is 11.9. The van der Waals surface area contributed by atoms with E-state index in [1.165, 1.54) is 47.8 Å². The molecule has 42 heavy (non-hydrogen) atoms. The van der Waals surface area contributed by atoms with Gasteiger partial charge in [0.05, 0.1) is 0 Å². The molecule has 2 N–H and O–H groups in total. The highest BCUT2D eigenvalue weighted by Crippen LogP contribution is 2.26. The van der Waals surface area contributed by atoms with Gasteiger partial charge in [0, 0.05) is 53.0 Å². The Bertz CT molecular complexity index is 1020. The van der Waals surface area contributed by atoms with Crippen molar-refractivity contribution >= 4 is 56.9 Å². The molecule has 8 nitrogen and oxygen atoms in total. The fraction of sp³-hybridized carbons (Fsp3) is 0.484. The van der Waals surface area contributed by atoms with E-state index < -0.39 is 0 Å². The minimum absolute atomic E-state index is 0.00463. The van der Waals surface area contributed by atoms with Crippen LogP contribution in [0.5, 0.6) is 0 Å². The van der Waals surface area contributed by atoms with Crippen molar-refractivity contribution < 1.29 is 19.2 Å². The Morgan fingerprint density at radius 2 is 1.07 bits per heavy atom. The predicted octanol–water partition coefficient (Wildman–Crippen LogP) is 7.59. The lowest BCUT2D eigenvalue weighted by atomic mass is 10.2. The van der Waals surface area contributed by atoms with Crippen molar-refractivity contribution in [3.8, 4) is 0 Å². The number of hydrogen-bond acceptors (Lipinski definition) is 7. The second-order valence-corrected chi connectivity index (χ2v) is 13.9. The standard InChI is InChI=1S/C13H19NOS.C11H15NOS.C4H9NOS.C3H7NO/c1-13(2,3)16-12(15)14(4)10-11-8-6-5-7-9-11;1-3-14-11(13)12(2)9-10-7-5-4-6-8-10;1-3-7-4(6)5-2;1-3(5)4-2/h5-9H,10H2,1-4H3;4-8H,3,9H2,1-2H3;3H2,1-2H3,(H,5,6);1-2H3,(H,4,5). The third kappa shape index (κ3) is 25.1. The van der Waals surface area contributed by atoms with Gasteiger partial charge in [0.1, 0.15) is 0 Å². The molecule has 0 spiro atoms. The van der Waals surface area contributed by atoms with Gasteiger partial charge >= 0.3 is 0 Å². The summed E-state index contributed by atoms with van der Waals surface area (Å²) in [7, 11) is 6.90. The number of amides is 4. The van der Waals surface area contributed by atoms with Gasteiger partial charge in [0.2, 0.25) is 5.91 Å². The first kappa shape index (κ1) is 41.5. The van der Waals surface area contributed by atoms with Gasteiger partial charge in [-0.05, 0) is 22.6 Å². The predicted molar refractivity (Wildman–Crippen MR) is 184 cm³/mol. The molecule has 0 atom stereocenters. The molecule has 0 aliphatic carbocycles. The van der Waals surface area contributed by atoms with Crippen LogP contribution in [-0.2, 0) is 17.9 Å². The molecule has 0 unspecified atom stereocenters. The van der Waals surface area contributed by atoms with Gasteiger partial charge in [0.25, 0.3) is 15.7 Å². The molecule has 0 aliphatic rings. The lowest BCUT2D eigenvalue weighted by Gasteiger charge is -2.22. The lowest BCUT2D eigenvalue weighted by Crippen LogP contribution is -2.26. The summed E-state index contributed by atoms with van der Waals surface area (Å²) in [5.41, 5.74) is 2.33. The summed E-state index contributed by atoms with van der Waals surface area (Å²) in [4.78, 5) is 46.7. The molecule has 0 fully saturated rings. The third-order valence-corrected chi connectivity index (χ3v) is 7.34. The van der Waals surface area contributed by atoms with E-state index in [1.807, 2.05) is 109 Å². The van der Waals surface area contributed by atoms with Crippen LogP contribution in [0.15, 0.2) is 60.7 Å². The molecule has 2 aromatic carbocycles. The lowest BCUT2D eigenvalue weighted by molar-refractivity contribution is -0.118. The number of carbonyl (C=O) groups is 4. The summed E-state index contributed by atoms with van der Waals surface area (Å²) in [5, 5.41) is 5.18. The summed E-state index contributed by atoms with van der Waals surface area (Å²) < 4.78 is -0.0258. The molecule has 236 valence electrons. The number of hydrogen-bond donors (Lipinski definition) is 2. The molecule has 0 aliphatic heterocycles. The van der Waals surface area contributed by atoms with Crippen LogP contribution in [0.25, 0.3) is 0 Å². The number of rotatable bonds is 6. The Hall–Kier alpha value is -2.63. The summed E-state index contributed by atoms with van der Waals surface area (Å²) >= 11 is 4.00. The first-order valence-corrected chi connectivity index (χ1v) is 16.4. The van der Waals surface area contributed by atoms with Crippen LogP contribution in [-0.4, -0.2) is 75.9 Å². The van der Waals surface area contributed by atoms with E-state index >= 15 is 0 Å². The highest BCUT2D eigenvalue weighted by atomic mass is 32.2. The Labute approximate surface area is 266 Å². The van der Waals surface area contributed by atoms with E-state index in [0.29, 0.717) is 13.1 Å². The summed E-state index contributed by atoms with van der Waals surface area (Å²) in [6.07, 6.45) is 0. The number of carbonyl (C=O) groups excluding carboxylic acids is 4. The molecule has 0 radical (unpaired) electrons. The van der Waals surface area contributed by atoms with Gasteiger partial charge in [-0.15, -0.1) is 0 Å². The van der Waals surface area contributed by atoms with E-state index in [2.05, 4.69) is 10.6 Å². The number of benzene rings is 2. The van der Waals surface area contributed by atoms with Crippen molar-refractivity contribution in [2.45, 2.75) is 59.4 Å². The van der Waals surface area contributed by atoms with Gasteiger partial charge in [0.15, 0.2) is 0 Å². The molecule has 0 bridgehead atoms. The number of nitrogens with zero attached hydrogens (tertiary/aromatic N) is 2. The first-order valence-electron chi connectivity index (χ1n) is 13.6. The van der Waals surface area contributed by atoms with Crippen LogP contribution in [0.3, 0.4) is 0 Å². The van der Waals surface area contributed by atoms with E-state index in [1.54, 1.807) is 23.9 Å². The molecule has 2 rings (SSSR count). The molecule has 0 aromatic heterocycles. The van der Waals surface area contributed by atoms with Crippen molar-refractivity contribution in [2.75, 3.05) is 39.7 Å². The second kappa shape index (κ2) is 24.9. The number of nitrogens with one attached hydrogen (secondary N) is 2. The molecule has 2 aromatic rings. The normalized spacial score (nSPS) is 9.76. The Balaban J connectivity index is 0. The zero-order valence-corrected chi connectivity index (χ0v) is 29.3. The highest BCUT2D eigenvalue weighted by Gasteiger charge is 2.19. The fourth-order valence-electron chi connectivity index (χ4n) is 2.62. The third-order valence-electron chi connectivity index (χ3n) is 4.64. The zero-order chi connectivity index (χ0) is 32.6. The monoisotopic (exact) mass is 638 g/mol. The van der Waals surface area contributed by atoms with Crippen molar-refractivity contribution in [1.29, 1.82) is 0 Å². The van der Waals surface area contributed by atoms with Gasteiger partial charge in [-0.2, -0.15) is 0 Å². The van der Waals surface area contributed by atoms with E-state index in [0.717, 1.165) is 17.1 Å². The Morgan fingerprint density at radius 1 is 0.690 bits per heavy atom. The van der Waals surface area contributed by atoms with Crippen molar-refractivity contribution in [3.05, 3.63) is 71.8 Å². The molecular weight excluding hydrogens is 589 g/mol. The average Bonchev–Trinajstić information content (AvgIpc) is 2.94.